The van der Waals surface area contributed by atoms with Gasteiger partial charge in [0.15, 0.2) is 6.61 Å². The van der Waals surface area contributed by atoms with Crippen LogP contribution in [0.25, 0.3) is 0 Å². The summed E-state index contributed by atoms with van der Waals surface area (Å²) in [5.74, 6) is 1.16. The number of amides is 1. The molecule has 6 heteroatoms. The minimum absolute atomic E-state index is 0.0384. The SMILES string of the molecule is COc1ccc(OCC(=O)Nc2cc(C)ns2)cc1. The number of ether oxygens (including phenoxy) is 2. The minimum atomic E-state index is -0.209. The van der Waals surface area contributed by atoms with E-state index in [-0.39, 0.29) is 12.5 Å². The number of hydrogen-bond acceptors (Lipinski definition) is 5. The van der Waals surface area contributed by atoms with Crippen LogP contribution in [0.3, 0.4) is 0 Å². The Kier molecular flexibility index (Phi) is 4.35. The van der Waals surface area contributed by atoms with Crippen molar-refractivity contribution < 1.29 is 14.3 Å². The van der Waals surface area contributed by atoms with E-state index >= 15 is 0 Å². The molecule has 19 heavy (non-hydrogen) atoms. The van der Waals surface area contributed by atoms with Gasteiger partial charge in [-0.15, -0.1) is 0 Å². The number of methoxy groups -OCH3 is 1. The highest BCUT2D eigenvalue weighted by Gasteiger charge is 2.06. The second-order valence-corrected chi connectivity index (χ2v) is 4.65. The molecule has 0 saturated heterocycles. The van der Waals surface area contributed by atoms with Gasteiger partial charge in [0, 0.05) is 0 Å². The maximum atomic E-state index is 11.6. The molecule has 0 bridgehead atoms. The third-order valence-corrected chi connectivity index (χ3v) is 3.12. The number of carbonyl (C=O) groups is 1. The summed E-state index contributed by atoms with van der Waals surface area (Å²) >= 11 is 1.25. The van der Waals surface area contributed by atoms with Crippen LogP contribution in [-0.2, 0) is 4.79 Å². The Bertz CT molecular complexity index is 551. The van der Waals surface area contributed by atoms with E-state index in [0.717, 1.165) is 16.4 Å². The Morgan fingerprint density at radius 3 is 2.58 bits per heavy atom. The molecule has 0 unspecified atom stereocenters. The second-order valence-electron chi connectivity index (χ2n) is 3.84. The molecular weight excluding hydrogens is 264 g/mol. The summed E-state index contributed by atoms with van der Waals surface area (Å²) in [4.78, 5) is 11.6. The number of hydrogen-bond donors (Lipinski definition) is 1. The predicted octanol–water partition coefficient (Wildman–Crippen LogP) is 2.48. The van der Waals surface area contributed by atoms with Crippen molar-refractivity contribution in [2.24, 2.45) is 0 Å². The minimum Gasteiger partial charge on any atom is -0.497 e. The van der Waals surface area contributed by atoms with Crippen LogP contribution in [0.15, 0.2) is 30.3 Å². The third-order valence-electron chi connectivity index (χ3n) is 2.32. The summed E-state index contributed by atoms with van der Waals surface area (Å²) < 4.78 is 14.5. The van der Waals surface area contributed by atoms with E-state index < -0.39 is 0 Å². The van der Waals surface area contributed by atoms with Crippen LogP contribution in [0, 0.1) is 6.92 Å². The van der Waals surface area contributed by atoms with Crippen LogP contribution in [0.1, 0.15) is 5.69 Å². The van der Waals surface area contributed by atoms with E-state index in [0.29, 0.717) is 5.75 Å². The molecule has 5 nitrogen and oxygen atoms in total. The zero-order valence-electron chi connectivity index (χ0n) is 10.7. The van der Waals surface area contributed by atoms with Crippen LogP contribution in [-0.4, -0.2) is 24.0 Å². The number of aryl methyl sites for hydroxylation is 1. The smallest absolute Gasteiger partial charge is 0.262 e. The van der Waals surface area contributed by atoms with E-state index in [1.807, 2.05) is 13.0 Å². The molecule has 0 spiro atoms. The van der Waals surface area contributed by atoms with Crippen molar-refractivity contribution >= 4 is 22.4 Å². The van der Waals surface area contributed by atoms with Crippen molar-refractivity contribution in [3.05, 3.63) is 36.0 Å². The van der Waals surface area contributed by atoms with Gasteiger partial charge in [-0.3, -0.25) is 4.79 Å². The molecule has 1 amide bonds. The molecule has 0 aliphatic rings. The summed E-state index contributed by atoms with van der Waals surface area (Å²) in [6, 6.07) is 8.88. The van der Waals surface area contributed by atoms with Crippen LogP contribution in [0.2, 0.25) is 0 Å². The van der Waals surface area contributed by atoms with Gasteiger partial charge in [-0.05, 0) is 48.8 Å². The largest absolute Gasteiger partial charge is 0.497 e. The number of nitrogens with zero attached hydrogens (tertiary/aromatic N) is 1. The molecule has 0 fully saturated rings. The van der Waals surface area contributed by atoms with Crippen LogP contribution in [0.5, 0.6) is 11.5 Å². The van der Waals surface area contributed by atoms with E-state index in [1.54, 1.807) is 31.4 Å². The predicted molar refractivity (Wildman–Crippen MR) is 74.0 cm³/mol. The third kappa shape index (κ3) is 3.96. The van der Waals surface area contributed by atoms with Crippen molar-refractivity contribution in [3.63, 3.8) is 0 Å². The first kappa shape index (κ1) is 13.4. The van der Waals surface area contributed by atoms with Gasteiger partial charge in [0.05, 0.1) is 12.8 Å². The van der Waals surface area contributed by atoms with Crippen LogP contribution < -0.4 is 14.8 Å². The molecular formula is C13H14N2O3S. The highest BCUT2D eigenvalue weighted by molar-refractivity contribution is 7.10. The van der Waals surface area contributed by atoms with Gasteiger partial charge in [-0.1, -0.05) is 0 Å². The zero-order valence-corrected chi connectivity index (χ0v) is 11.5. The fourth-order valence-electron chi connectivity index (χ4n) is 1.42. The molecule has 0 saturated carbocycles. The lowest BCUT2D eigenvalue weighted by Crippen LogP contribution is -2.19. The number of nitrogens with one attached hydrogen (secondary N) is 1. The molecule has 1 aromatic heterocycles. The maximum Gasteiger partial charge on any atom is 0.262 e. The van der Waals surface area contributed by atoms with Gasteiger partial charge in [-0.2, -0.15) is 4.37 Å². The van der Waals surface area contributed by atoms with Crippen molar-refractivity contribution in [3.8, 4) is 11.5 Å². The summed E-state index contributed by atoms with van der Waals surface area (Å²) in [7, 11) is 1.60. The van der Waals surface area contributed by atoms with Crippen molar-refractivity contribution in [1.82, 2.24) is 4.37 Å². The van der Waals surface area contributed by atoms with Crippen molar-refractivity contribution in [1.29, 1.82) is 0 Å². The first-order valence-corrected chi connectivity index (χ1v) is 6.45. The number of aromatic nitrogens is 1. The summed E-state index contributed by atoms with van der Waals surface area (Å²) in [5.41, 5.74) is 0.886. The quantitative estimate of drug-likeness (QED) is 0.912. The Morgan fingerprint density at radius 2 is 2.00 bits per heavy atom. The Labute approximate surface area is 115 Å². The van der Waals surface area contributed by atoms with E-state index in [1.165, 1.54) is 11.5 Å². The molecule has 1 aromatic carbocycles. The number of carbonyl (C=O) groups excluding carboxylic acids is 1. The Balaban J connectivity index is 1.82. The van der Waals surface area contributed by atoms with Crippen molar-refractivity contribution in [2.75, 3.05) is 19.0 Å². The fraction of sp³-hybridized carbons (Fsp3) is 0.231. The molecule has 2 aromatic rings. The van der Waals surface area contributed by atoms with Gasteiger partial charge in [-0.25, -0.2) is 0 Å². The Hall–Kier alpha value is -2.08. The van der Waals surface area contributed by atoms with Crippen molar-refractivity contribution in [2.45, 2.75) is 6.92 Å². The average molecular weight is 278 g/mol. The molecule has 2 rings (SSSR count). The molecule has 0 aliphatic heterocycles. The standard InChI is InChI=1S/C13H14N2O3S/c1-9-7-13(19-15-9)14-12(16)8-18-11-5-3-10(17-2)4-6-11/h3-7H,8H2,1-2H3,(H,14,16). The number of anilines is 1. The molecule has 100 valence electrons. The van der Waals surface area contributed by atoms with E-state index in [4.69, 9.17) is 9.47 Å². The fourth-order valence-corrected chi connectivity index (χ4v) is 2.09. The lowest BCUT2D eigenvalue weighted by atomic mass is 10.3. The second kappa shape index (κ2) is 6.19. The number of benzene rings is 1. The van der Waals surface area contributed by atoms with Crippen LogP contribution >= 0.6 is 11.5 Å². The average Bonchev–Trinajstić information content (AvgIpc) is 2.82. The van der Waals surface area contributed by atoms with E-state index in [2.05, 4.69) is 9.69 Å². The normalized spacial score (nSPS) is 10.0. The first-order valence-electron chi connectivity index (χ1n) is 5.67. The van der Waals surface area contributed by atoms with Crippen LogP contribution in [0.4, 0.5) is 5.00 Å². The zero-order chi connectivity index (χ0) is 13.7. The maximum absolute atomic E-state index is 11.6. The lowest BCUT2D eigenvalue weighted by molar-refractivity contribution is -0.118. The molecule has 0 aliphatic carbocycles. The highest BCUT2D eigenvalue weighted by atomic mass is 32.1. The highest BCUT2D eigenvalue weighted by Crippen LogP contribution is 2.18. The summed E-state index contributed by atoms with van der Waals surface area (Å²) in [5, 5.41) is 3.45. The Morgan fingerprint density at radius 1 is 1.32 bits per heavy atom. The van der Waals surface area contributed by atoms with Gasteiger partial charge in [0.25, 0.3) is 5.91 Å². The monoisotopic (exact) mass is 278 g/mol. The number of rotatable bonds is 5. The molecule has 0 radical (unpaired) electrons. The lowest BCUT2D eigenvalue weighted by Gasteiger charge is -2.06. The molecule has 1 heterocycles. The topological polar surface area (TPSA) is 60.5 Å². The summed E-state index contributed by atoms with van der Waals surface area (Å²) in [6.45, 7) is 1.84. The van der Waals surface area contributed by atoms with Gasteiger partial charge in [0.2, 0.25) is 0 Å². The first-order chi connectivity index (χ1) is 9.17. The summed E-state index contributed by atoms with van der Waals surface area (Å²) in [6.07, 6.45) is 0. The van der Waals surface area contributed by atoms with Gasteiger partial charge >= 0.3 is 0 Å². The van der Waals surface area contributed by atoms with Gasteiger partial charge in [0.1, 0.15) is 16.5 Å². The molecule has 1 N–H and O–H groups in total. The van der Waals surface area contributed by atoms with Gasteiger partial charge < -0.3 is 14.8 Å². The van der Waals surface area contributed by atoms with E-state index in [9.17, 15) is 4.79 Å². The molecule has 0 atom stereocenters.